The van der Waals surface area contributed by atoms with Gasteiger partial charge < -0.3 is 4.90 Å². The zero-order valence-corrected chi connectivity index (χ0v) is 16.6. The lowest BCUT2D eigenvalue weighted by Gasteiger charge is -2.11. The summed E-state index contributed by atoms with van der Waals surface area (Å²) < 4.78 is 2.41. The van der Waals surface area contributed by atoms with E-state index in [9.17, 15) is 0 Å². The fraction of sp³-hybridized carbons (Fsp3) is 0.0909. The van der Waals surface area contributed by atoms with Crippen LogP contribution in [0.15, 0.2) is 66.7 Å². The van der Waals surface area contributed by atoms with Gasteiger partial charge in [-0.15, -0.1) is 22.7 Å². The maximum atomic E-state index is 4.82. The molecule has 0 aliphatic carbocycles. The minimum absolute atomic E-state index is 1.04. The Labute approximate surface area is 165 Å². The van der Waals surface area contributed by atoms with Gasteiger partial charge in [0.2, 0.25) is 0 Å². The van der Waals surface area contributed by atoms with Crippen molar-refractivity contribution in [2.45, 2.75) is 0 Å². The number of hydrogen-bond acceptors (Lipinski definition) is 5. The number of para-hydroxylation sites is 1. The third kappa shape index (κ3) is 2.99. The van der Waals surface area contributed by atoms with E-state index in [1.165, 1.54) is 15.1 Å². The number of rotatable bonds is 3. The molecule has 5 aromatic rings. The van der Waals surface area contributed by atoms with Crippen LogP contribution in [0.4, 0.5) is 5.69 Å². The van der Waals surface area contributed by atoms with E-state index in [0.717, 1.165) is 32.2 Å². The number of aromatic nitrogens is 2. The summed E-state index contributed by atoms with van der Waals surface area (Å²) in [6.07, 6.45) is 0. The Morgan fingerprint density at radius 1 is 0.667 bits per heavy atom. The van der Waals surface area contributed by atoms with Crippen LogP contribution in [0, 0.1) is 0 Å². The lowest BCUT2D eigenvalue weighted by molar-refractivity contribution is 1.13. The third-order valence-electron chi connectivity index (χ3n) is 4.56. The summed E-state index contributed by atoms with van der Waals surface area (Å²) in [5, 5.41) is 2.11. The Morgan fingerprint density at radius 3 is 2.04 bits per heavy atom. The van der Waals surface area contributed by atoms with E-state index in [-0.39, 0.29) is 0 Å². The molecule has 0 bridgehead atoms. The van der Waals surface area contributed by atoms with Crippen molar-refractivity contribution in [2.24, 2.45) is 0 Å². The Kier molecular flexibility index (Phi) is 3.92. The first-order valence-corrected chi connectivity index (χ1v) is 10.3. The van der Waals surface area contributed by atoms with Crippen molar-refractivity contribution in [2.75, 3.05) is 19.0 Å². The summed E-state index contributed by atoms with van der Waals surface area (Å²) in [6.45, 7) is 0. The zero-order valence-electron chi connectivity index (χ0n) is 15.0. The van der Waals surface area contributed by atoms with Crippen LogP contribution in [0.2, 0.25) is 0 Å². The first kappa shape index (κ1) is 16.4. The number of hydrogen-bond donors (Lipinski definition) is 0. The van der Waals surface area contributed by atoms with Crippen LogP contribution in [0.25, 0.3) is 41.6 Å². The molecule has 0 aliphatic heterocycles. The highest BCUT2D eigenvalue weighted by Gasteiger charge is 2.10. The maximum absolute atomic E-state index is 4.82. The van der Waals surface area contributed by atoms with Crippen molar-refractivity contribution in [3.8, 4) is 21.1 Å². The molecule has 3 nitrogen and oxygen atoms in total. The first-order chi connectivity index (χ1) is 13.2. The molecule has 3 aromatic carbocycles. The number of thiazole rings is 2. The van der Waals surface area contributed by atoms with Gasteiger partial charge in [-0.2, -0.15) is 0 Å². The highest BCUT2D eigenvalue weighted by atomic mass is 32.1. The third-order valence-corrected chi connectivity index (χ3v) is 6.71. The van der Waals surface area contributed by atoms with Gasteiger partial charge in [-0.1, -0.05) is 12.1 Å². The fourth-order valence-electron chi connectivity index (χ4n) is 3.08. The number of benzene rings is 3. The summed E-state index contributed by atoms with van der Waals surface area (Å²) in [4.78, 5) is 11.7. The Bertz CT molecular complexity index is 1220. The Balaban J connectivity index is 1.54. The van der Waals surface area contributed by atoms with Gasteiger partial charge >= 0.3 is 0 Å². The van der Waals surface area contributed by atoms with E-state index in [0.29, 0.717) is 0 Å². The maximum Gasteiger partial charge on any atom is 0.124 e. The Hall–Kier alpha value is -2.76. The van der Waals surface area contributed by atoms with Crippen LogP contribution < -0.4 is 4.90 Å². The van der Waals surface area contributed by atoms with E-state index < -0.39 is 0 Å². The van der Waals surface area contributed by atoms with Gasteiger partial charge in [0.15, 0.2) is 0 Å². The molecular weight excluding hydrogens is 370 g/mol. The average molecular weight is 388 g/mol. The topological polar surface area (TPSA) is 29.0 Å². The SMILES string of the molecule is CN(C)c1ccc(-c2nc3ccc(-c4nc5ccccc5s4)cc3s2)cc1. The minimum Gasteiger partial charge on any atom is -0.378 e. The molecule has 5 heteroatoms. The van der Waals surface area contributed by atoms with Gasteiger partial charge in [0.05, 0.1) is 20.4 Å². The molecule has 2 aromatic heterocycles. The fourth-order valence-corrected chi connectivity index (χ4v) is 5.05. The highest BCUT2D eigenvalue weighted by molar-refractivity contribution is 7.22. The quantitative estimate of drug-likeness (QED) is 0.363. The van der Waals surface area contributed by atoms with Gasteiger partial charge in [0.1, 0.15) is 10.0 Å². The molecule has 0 amide bonds. The second-order valence-corrected chi connectivity index (χ2v) is 8.69. The van der Waals surface area contributed by atoms with Crippen molar-refractivity contribution >= 4 is 48.8 Å². The smallest absolute Gasteiger partial charge is 0.124 e. The van der Waals surface area contributed by atoms with Crippen LogP contribution in [0.5, 0.6) is 0 Å². The molecule has 0 atom stereocenters. The molecule has 2 heterocycles. The zero-order chi connectivity index (χ0) is 18.4. The van der Waals surface area contributed by atoms with Crippen LogP contribution in [0.3, 0.4) is 0 Å². The minimum atomic E-state index is 1.04. The van der Waals surface area contributed by atoms with Crippen LogP contribution >= 0.6 is 22.7 Å². The van der Waals surface area contributed by atoms with Crippen LogP contribution in [0.1, 0.15) is 0 Å². The van der Waals surface area contributed by atoms with Crippen LogP contribution in [-0.4, -0.2) is 24.1 Å². The molecular formula is C22H17N3S2. The van der Waals surface area contributed by atoms with Crippen molar-refractivity contribution in [1.29, 1.82) is 0 Å². The molecule has 5 rings (SSSR count). The molecule has 0 aliphatic rings. The summed E-state index contributed by atoms with van der Waals surface area (Å²) in [5.41, 5.74) is 5.60. The van der Waals surface area contributed by atoms with Gasteiger partial charge in [-0.25, -0.2) is 9.97 Å². The molecule has 0 radical (unpaired) electrons. The molecule has 0 spiro atoms. The lowest BCUT2D eigenvalue weighted by Crippen LogP contribution is -2.07. The van der Waals surface area contributed by atoms with E-state index in [1.54, 1.807) is 22.7 Å². The highest BCUT2D eigenvalue weighted by Crippen LogP contribution is 2.35. The van der Waals surface area contributed by atoms with E-state index in [4.69, 9.17) is 9.97 Å². The molecule has 132 valence electrons. The molecule has 0 fully saturated rings. The second kappa shape index (κ2) is 6.44. The van der Waals surface area contributed by atoms with Gasteiger partial charge in [0, 0.05) is 30.9 Å². The summed E-state index contributed by atoms with van der Waals surface area (Å²) >= 11 is 3.47. The Morgan fingerprint density at radius 2 is 1.30 bits per heavy atom. The predicted molar refractivity (Wildman–Crippen MR) is 118 cm³/mol. The number of nitrogens with zero attached hydrogens (tertiary/aromatic N) is 3. The van der Waals surface area contributed by atoms with Gasteiger partial charge in [-0.05, 0) is 54.6 Å². The standard InChI is InChI=1S/C22H17N3S2/c1-25(2)16-10-7-14(8-11-16)21-24-18-12-9-15(13-20(18)27-21)22-23-17-5-3-4-6-19(17)26-22/h3-13H,1-2H3. The van der Waals surface area contributed by atoms with Gasteiger partial charge in [0.25, 0.3) is 0 Å². The van der Waals surface area contributed by atoms with Crippen molar-refractivity contribution in [1.82, 2.24) is 9.97 Å². The largest absolute Gasteiger partial charge is 0.378 e. The predicted octanol–water partition coefficient (Wildman–Crippen LogP) is 6.31. The molecule has 0 N–H and O–H groups in total. The van der Waals surface area contributed by atoms with Gasteiger partial charge in [-0.3, -0.25) is 0 Å². The van der Waals surface area contributed by atoms with Crippen molar-refractivity contribution < 1.29 is 0 Å². The second-order valence-electron chi connectivity index (χ2n) is 6.63. The average Bonchev–Trinajstić information content (AvgIpc) is 3.31. The van der Waals surface area contributed by atoms with Crippen LogP contribution in [-0.2, 0) is 0 Å². The molecule has 27 heavy (non-hydrogen) atoms. The first-order valence-electron chi connectivity index (χ1n) is 8.72. The number of anilines is 1. The summed E-state index contributed by atoms with van der Waals surface area (Å²) in [7, 11) is 4.10. The number of fused-ring (bicyclic) bond motifs is 2. The van der Waals surface area contributed by atoms with Crippen molar-refractivity contribution in [3.63, 3.8) is 0 Å². The summed E-state index contributed by atoms with van der Waals surface area (Å²) in [6, 6.07) is 23.3. The summed E-state index contributed by atoms with van der Waals surface area (Å²) in [5.74, 6) is 0. The molecule has 0 unspecified atom stereocenters. The van der Waals surface area contributed by atoms with Crippen molar-refractivity contribution in [3.05, 3.63) is 66.7 Å². The molecule has 0 saturated carbocycles. The lowest BCUT2D eigenvalue weighted by atomic mass is 10.2. The normalized spacial score (nSPS) is 11.3. The van der Waals surface area contributed by atoms with E-state index in [1.807, 2.05) is 6.07 Å². The molecule has 0 saturated heterocycles. The monoisotopic (exact) mass is 387 g/mol. The van der Waals surface area contributed by atoms with E-state index >= 15 is 0 Å². The van der Waals surface area contributed by atoms with E-state index in [2.05, 4.69) is 79.7 Å².